The molecule has 0 spiro atoms. The number of rotatable bonds is 3. The van der Waals surface area contributed by atoms with E-state index >= 15 is 0 Å². The predicted octanol–water partition coefficient (Wildman–Crippen LogP) is 3.58. The molecule has 5 heteroatoms. The van der Waals surface area contributed by atoms with Crippen molar-refractivity contribution in [3.63, 3.8) is 0 Å². The summed E-state index contributed by atoms with van der Waals surface area (Å²) in [6, 6.07) is 5.98. The molecule has 2 aromatic rings. The van der Waals surface area contributed by atoms with Gasteiger partial charge in [-0.05, 0) is 38.3 Å². The molecule has 3 heterocycles. The fourth-order valence-corrected chi connectivity index (χ4v) is 3.59. The molecule has 0 bridgehead atoms. The summed E-state index contributed by atoms with van der Waals surface area (Å²) in [4.78, 5) is 16.7. The molecule has 0 saturated carbocycles. The summed E-state index contributed by atoms with van der Waals surface area (Å²) in [5.74, 6) is 0.918. The lowest BCUT2D eigenvalue weighted by molar-refractivity contribution is 0.0736. The molecule has 1 fully saturated rings. The third-order valence-electron chi connectivity index (χ3n) is 3.72. The largest absolute Gasteiger partial charge is 0.361 e. The average Bonchev–Trinajstić information content (AvgIpc) is 3.17. The van der Waals surface area contributed by atoms with E-state index in [0.29, 0.717) is 0 Å². The van der Waals surface area contributed by atoms with E-state index < -0.39 is 0 Å². The minimum atomic E-state index is 0.0622. The van der Waals surface area contributed by atoms with Gasteiger partial charge >= 0.3 is 0 Å². The van der Waals surface area contributed by atoms with Crippen LogP contribution in [0.25, 0.3) is 0 Å². The molecule has 1 aliphatic rings. The number of amides is 1. The normalized spacial score (nSPS) is 18.7. The first-order valence-corrected chi connectivity index (χ1v) is 7.83. The number of aromatic nitrogens is 1. The number of carbonyl (C=O) groups excluding carboxylic acids is 1. The molecular weight excluding hydrogens is 272 g/mol. The summed E-state index contributed by atoms with van der Waals surface area (Å²) < 4.78 is 5.15. The van der Waals surface area contributed by atoms with E-state index in [1.165, 1.54) is 4.88 Å². The van der Waals surface area contributed by atoms with Crippen molar-refractivity contribution in [2.45, 2.75) is 39.2 Å². The maximum atomic E-state index is 12.6. The monoisotopic (exact) mass is 290 g/mol. The lowest BCUT2D eigenvalue weighted by Gasteiger charge is -2.22. The van der Waals surface area contributed by atoms with E-state index in [2.05, 4.69) is 12.1 Å². The predicted molar refractivity (Wildman–Crippen MR) is 77.9 cm³/mol. The smallest absolute Gasteiger partial charge is 0.264 e. The Morgan fingerprint density at radius 3 is 3.05 bits per heavy atom. The molecule has 0 radical (unpaired) electrons. The van der Waals surface area contributed by atoms with Crippen molar-refractivity contribution in [3.8, 4) is 0 Å². The van der Waals surface area contributed by atoms with Gasteiger partial charge in [0.15, 0.2) is 0 Å². The first kappa shape index (κ1) is 13.4. The molecular formula is C15H18N2O2S. The second-order valence-corrected chi connectivity index (χ2v) is 6.31. The first-order valence-electron chi connectivity index (χ1n) is 7.02. The average molecular weight is 290 g/mol. The number of likely N-dealkylation sites (tertiary alicyclic amines) is 1. The molecule has 1 amide bonds. The highest BCUT2D eigenvalue weighted by Crippen LogP contribution is 2.33. The molecule has 0 aromatic carbocycles. The molecule has 0 N–H and O–H groups in total. The topological polar surface area (TPSA) is 46.3 Å². The van der Waals surface area contributed by atoms with Crippen LogP contribution in [0.5, 0.6) is 0 Å². The van der Waals surface area contributed by atoms with Gasteiger partial charge in [0.2, 0.25) is 0 Å². The van der Waals surface area contributed by atoms with E-state index in [0.717, 1.165) is 42.1 Å². The van der Waals surface area contributed by atoms with E-state index in [1.54, 1.807) is 11.3 Å². The van der Waals surface area contributed by atoms with Crippen LogP contribution in [-0.2, 0) is 6.42 Å². The molecule has 0 aliphatic carbocycles. The minimum absolute atomic E-state index is 0.0622. The second kappa shape index (κ2) is 5.40. The van der Waals surface area contributed by atoms with Gasteiger partial charge in [-0.3, -0.25) is 4.79 Å². The molecule has 106 valence electrons. The first-order chi connectivity index (χ1) is 9.69. The third-order valence-corrected chi connectivity index (χ3v) is 4.94. The molecule has 1 atom stereocenters. The summed E-state index contributed by atoms with van der Waals surface area (Å²) >= 11 is 1.60. The van der Waals surface area contributed by atoms with Crippen molar-refractivity contribution in [1.29, 1.82) is 0 Å². The summed E-state index contributed by atoms with van der Waals surface area (Å²) in [5.41, 5.74) is 0.876. The molecule has 2 aromatic heterocycles. The van der Waals surface area contributed by atoms with Crippen LogP contribution in [-0.4, -0.2) is 22.5 Å². The van der Waals surface area contributed by atoms with Gasteiger partial charge in [0, 0.05) is 17.5 Å². The zero-order chi connectivity index (χ0) is 14.1. The quantitative estimate of drug-likeness (QED) is 0.868. The van der Waals surface area contributed by atoms with Crippen LogP contribution in [0.2, 0.25) is 0 Å². The lowest BCUT2D eigenvalue weighted by atomic mass is 10.1. The van der Waals surface area contributed by atoms with Crippen LogP contribution in [0.4, 0.5) is 0 Å². The van der Waals surface area contributed by atoms with Gasteiger partial charge in [-0.15, -0.1) is 11.3 Å². The highest BCUT2D eigenvalue weighted by Gasteiger charge is 2.33. The number of aryl methyl sites for hydroxylation is 2. The van der Waals surface area contributed by atoms with Crippen LogP contribution in [0.1, 0.15) is 51.8 Å². The van der Waals surface area contributed by atoms with Gasteiger partial charge < -0.3 is 9.42 Å². The lowest BCUT2D eigenvalue weighted by Crippen LogP contribution is -2.30. The third kappa shape index (κ3) is 2.38. The van der Waals surface area contributed by atoms with Crippen LogP contribution >= 0.6 is 11.3 Å². The Morgan fingerprint density at radius 1 is 1.55 bits per heavy atom. The van der Waals surface area contributed by atoms with Crippen LogP contribution in [0.15, 0.2) is 22.7 Å². The Labute approximate surface area is 122 Å². The summed E-state index contributed by atoms with van der Waals surface area (Å²) in [5, 5.41) is 4.08. The number of thiophene rings is 1. The Morgan fingerprint density at radius 2 is 2.40 bits per heavy atom. The standard InChI is InChI=1S/C15H18N2O2S/c1-3-11-6-7-14(20-11)15(18)17-8-4-5-13(17)12-9-10(2)19-16-12/h6-7,9,13H,3-5,8H2,1-2H3/t13-/m1/s1. The number of carbonyl (C=O) groups is 1. The van der Waals surface area contributed by atoms with Crippen LogP contribution in [0, 0.1) is 6.92 Å². The van der Waals surface area contributed by atoms with E-state index in [1.807, 2.05) is 30.0 Å². The summed E-state index contributed by atoms with van der Waals surface area (Å²) in [6.07, 6.45) is 2.96. The number of hydrogen-bond acceptors (Lipinski definition) is 4. The fraction of sp³-hybridized carbons (Fsp3) is 0.467. The van der Waals surface area contributed by atoms with Gasteiger partial charge in [0.1, 0.15) is 11.5 Å². The van der Waals surface area contributed by atoms with Gasteiger partial charge in [0.05, 0.1) is 10.9 Å². The van der Waals surface area contributed by atoms with Gasteiger partial charge in [-0.25, -0.2) is 0 Å². The highest BCUT2D eigenvalue weighted by molar-refractivity contribution is 7.14. The maximum Gasteiger partial charge on any atom is 0.264 e. The van der Waals surface area contributed by atoms with Gasteiger partial charge in [-0.2, -0.15) is 0 Å². The van der Waals surface area contributed by atoms with E-state index in [9.17, 15) is 4.79 Å². The number of hydrogen-bond donors (Lipinski definition) is 0. The Balaban J connectivity index is 1.83. The van der Waals surface area contributed by atoms with E-state index in [-0.39, 0.29) is 11.9 Å². The zero-order valence-corrected chi connectivity index (χ0v) is 12.6. The Bertz CT molecular complexity index is 617. The minimum Gasteiger partial charge on any atom is -0.361 e. The van der Waals surface area contributed by atoms with Gasteiger partial charge in [-0.1, -0.05) is 12.1 Å². The van der Waals surface area contributed by atoms with Crippen molar-refractivity contribution >= 4 is 17.2 Å². The summed E-state index contributed by atoms with van der Waals surface area (Å²) in [6.45, 7) is 4.79. The fourth-order valence-electron chi connectivity index (χ4n) is 2.68. The van der Waals surface area contributed by atoms with E-state index in [4.69, 9.17) is 4.52 Å². The maximum absolute atomic E-state index is 12.6. The molecule has 20 heavy (non-hydrogen) atoms. The number of nitrogens with zero attached hydrogens (tertiary/aromatic N) is 2. The van der Waals surface area contributed by atoms with Gasteiger partial charge in [0.25, 0.3) is 5.91 Å². The van der Waals surface area contributed by atoms with Crippen molar-refractivity contribution in [1.82, 2.24) is 10.1 Å². The molecule has 0 unspecified atom stereocenters. The van der Waals surface area contributed by atoms with Crippen LogP contribution < -0.4 is 0 Å². The molecule has 1 aliphatic heterocycles. The zero-order valence-electron chi connectivity index (χ0n) is 11.8. The van der Waals surface area contributed by atoms with Crippen molar-refractivity contribution in [2.75, 3.05) is 6.54 Å². The summed E-state index contributed by atoms with van der Waals surface area (Å²) in [7, 11) is 0. The van der Waals surface area contributed by atoms with Crippen LogP contribution in [0.3, 0.4) is 0 Å². The van der Waals surface area contributed by atoms with Crippen molar-refractivity contribution in [3.05, 3.63) is 39.4 Å². The highest BCUT2D eigenvalue weighted by atomic mass is 32.1. The molecule has 1 saturated heterocycles. The van der Waals surface area contributed by atoms with Crippen molar-refractivity contribution in [2.24, 2.45) is 0 Å². The Kier molecular flexibility index (Phi) is 3.61. The van der Waals surface area contributed by atoms with Crippen molar-refractivity contribution < 1.29 is 9.32 Å². The molecule has 3 rings (SSSR count). The SMILES string of the molecule is CCc1ccc(C(=O)N2CCC[C@@H]2c2cc(C)on2)s1. The molecule has 4 nitrogen and oxygen atoms in total. The Hall–Kier alpha value is -1.62. The second-order valence-electron chi connectivity index (χ2n) is 5.14.